The number of nitrogens with zero attached hydrogens (tertiary/aromatic N) is 3. The Morgan fingerprint density at radius 2 is 2.05 bits per heavy atom. The quantitative estimate of drug-likeness (QED) is 0.888. The molecule has 0 radical (unpaired) electrons. The number of nitrogens with one attached hydrogen (secondary N) is 2. The molecule has 0 bridgehead atoms. The van der Waals surface area contributed by atoms with Crippen LogP contribution in [-0.2, 0) is 10.3 Å². The van der Waals surface area contributed by atoms with Gasteiger partial charge in [-0.3, -0.25) is 15.1 Å². The van der Waals surface area contributed by atoms with E-state index in [-0.39, 0.29) is 17.8 Å². The van der Waals surface area contributed by atoms with E-state index in [1.165, 1.54) is 11.2 Å². The third kappa shape index (κ3) is 2.18. The van der Waals surface area contributed by atoms with E-state index in [0.29, 0.717) is 0 Å². The largest absolute Gasteiger partial charge is 0.345 e. The summed E-state index contributed by atoms with van der Waals surface area (Å²) < 4.78 is 0. The maximum atomic E-state index is 12.3. The van der Waals surface area contributed by atoms with Crippen molar-refractivity contribution in [1.82, 2.24) is 20.2 Å². The van der Waals surface area contributed by atoms with E-state index >= 15 is 0 Å². The molecule has 0 saturated carbocycles. The second-order valence-electron chi connectivity index (χ2n) is 5.62. The van der Waals surface area contributed by atoms with Crippen LogP contribution < -0.4 is 5.32 Å². The maximum Gasteiger partial charge on any atom is 0.234 e. The van der Waals surface area contributed by atoms with Gasteiger partial charge in [-0.25, -0.2) is 9.97 Å². The lowest BCUT2D eigenvalue weighted by Crippen LogP contribution is -2.62. The van der Waals surface area contributed by atoms with E-state index in [4.69, 9.17) is 5.41 Å². The second kappa shape index (κ2) is 5.17. The van der Waals surface area contributed by atoms with Gasteiger partial charge in [-0.2, -0.15) is 0 Å². The molecule has 2 atom stereocenters. The third-order valence-corrected chi connectivity index (χ3v) is 5.45. The number of aromatic nitrogens is 2. The maximum absolute atomic E-state index is 12.3. The Hall–Kier alpha value is -2.28. The Bertz CT molecular complexity index is 729. The van der Waals surface area contributed by atoms with Crippen molar-refractivity contribution in [3.05, 3.63) is 35.0 Å². The zero-order valence-electron chi connectivity index (χ0n) is 12.6. The van der Waals surface area contributed by atoms with Gasteiger partial charge in [0.25, 0.3) is 0 Å². The lowest BCUT2D eigenvalue weighted by molar-refractivity contribution is -0.134. The van der Waals surface area contributed by atoms with Gasteiger partial charge in [0.15, 0.2) is 5.96 Å². The molecular formula is C15H17N5OS. The topological polar surface area (TPSA) is 82.0 Å². The first-order valence-electron chi connectivity index (χ1n) is 6.92. The first-order valence-corrected chi connectivity index (χ1v) is 7.80. The molecule has 3 heterocycles. The molecule has 0 spiro atoms. The van der Waals surface area contributed by atoms with Crippen molar-refractivity contribution in [3.8, 4) is 11.1 Å². The van der Waals surface area contributed by atoms with Crippen LogP contribution in [0.2, 0.25) is 0 Å². The number of amides is 1. The van der Waals surface area contributed by atoms with E-state index in [9.17, 15) is 4.79 Å². The molecule has 22 heavy (non-hydrogen) atoms. The average Bonchev–Trinajstić information content (AvgIpc) is 3.02. The number of rotatable bonds is 2. The first-order chi connectivity index (χ1) is 10.4. The number of hydrogen-bond donors (Lipinski definition) is 2. The fourth-order valence-corrected chi connectivity index (χ4v) is 3.69. The Kier molecular flexibility index (Phi) is 3.44. The number of thiophene rings is 1. The van der Waals surface area contributed by atoms with Gasteiger partial charge >= 0.3 is 0 Å². The van der Waals surface area contributed by atoms with Crippen LogP contribution in [0.3, 0.4) is 0 Å². The molecule has 1 aliphatic rings. The van der Waals surface area contributed by atoms with Crippen LogP contribution in [-0.4, -0.2) is 33.8 Å². The molecule has 2 N–H and O–H groups in total. The minimum atomic E-state index is -0.584. The average molecular weight is 315 g/mol. The Balaban J connectivity index is 1.98. The van der Waals surface area contributed by atoms with Gasteiger partial charge in [0.2, 0.25) is 5.91 Å². The summed E-state index contributed by atoms with van der Waals surface area (Å²) in [5.41, 5.74) is 1.38. The summed E-state index contributed by atoms with van der Waals surface area (Å²) in [6, 6.07) is 2.04. The van der Waals surface area contributed by atoms with Crippen molar-refractivity contribution in [1.29, 1.82) is 5.41 Å². The normalized spacial score (nSPS) is 25.2. The predicted molar refractivity (Wildman–Crippen MR) is 85.5 cm³/mol. The van der Waals surface area contributed by atoms with Gasteiger partial charge in [0.05, 0.1) is 11.5 Å². The summed E-state index contributed by atoms with van der Waals surface area (Å²) in [6.07, 6.45) is 5.03. The summed E-state index contributed by atoms with van der Waals surface area (Å²) in [7, 11) is 1.62. The number of hydrogen-bond acceptors (Lipinski definition) is 5. The minimum absolute atomic E-state index is 0.0516. The van der Waals surface area contributed by atoms with E-state index in [1.807, 2.05) is 25.3 Å². The van der Waals surface area contributed by atoms with Crippen LogP contribution in [0.5, 0.6) is 0 Å². The molecular weight excluding hydrogens is 298 g/mol. The van der Waals surface area contributed by atoms with Gasteiger partial charge in [0.1, 0.15) is 6.33 Å². The molecule has 0 aliphatic carbocycles. The summed E-state index contributed by atoms with van der Waals surface area (Å²) in [5, 5.41) is 13.2. The highest BCUT2D eigenvalue weighted by molar-refractivity contribution is 7.10. The molecule has 6 nitrogen and oxygen atoms in total. The molecule has 2 aromatic rings. The van der Waals surface area contributed by atoms with Crippen molar-refractivity contribution in [2.24, 2.45) is 5.92 Å². The zero-order valence-corrected chi connectivity index (χ0v) is 13.4. The fourth-order valence-electron chi connectivity index (χ4n) is 2.57. The van der Waals surface area contributed by atoms with Gasteiger partial charge in [-0.1, -0.05) is 6.92 Å². The van der Waals surface area contributed by atoms with Crippen molar-refractivity contribution in [2.75, 3.05) is 7.05 Å². The molecule has 1 unspecified atom stereocenters. The summed E-state index contributed by atoms with van der Waals surface area (Å²) >= 11 is 1.57. The monoisotopic (exact) mass is 315 g/mol. The molecule has 7 heteroatoms. The lowest BCUT2D eigenvalue weighted by atomic mass is 9.82. The Morgan fingerprint density at radius 1 is 1.36 bits per heavy atom. The fraction of sp³-hybridized carbons (Fsp3) is 0.333. The summed E-state index contributed by atoms with van der Waals surface area (Å²) in [5.74, 6) is -0.182. The molecule has 0 aromatic carbocycles. The molecule has 1 fully saturated rings. The second-order valence-corrected chi connectivity index (χ2v) is 6.53. The first kappa shape index (κ1) is 14.6. The van der Waals surface area contributed by atoms with Gasteiger partial charge in [0, 0.05) is 29.9 Å². The van der Waals surface area contributed by atoms with Crippen LogP contribution in [0.1, 0.15) is 18.7 Å². The Morgan fingerprint density at radius 3 is 2.73 bits per heavy atom. The van der Waals surface area contributed by atoms with Gasteiger partial charge < -0.3 is 5.32 Å². The standard InChI is InChI=1S/C15H17N5OS/c1-9-13(21)20(3)14(16)19-15(9,2)12-4-10(7-22-12)11-5-17-8-18-6-11/h4-9H,1-3H3,(H2,16,19)/t9?,15-/m0/s1. The summed E-state index contributed by atoms with van der Waals surface area (Å²) in [6.45, 7) is 3.86. The van der Waals surface area contributed by atoms with Gasteiger partial charge in [-0.15, -0.1) is 11.3 Å². The minimum Gasteiger partial charge on any atom is -0.345 e. The number of guanidine groups is 1. The highest BCUT2D eigenvalue weighted by Crippen LogP contribution is 2.39. The van der Waals surface area contributed by atoms with Crippen LogP contribution in [0, 0.1) is 11.3 Å². The number of carbonyl (C=O) groups excluding carboxylic acids is 1. The highest BCUT2D eigenvalue weighted by Gasteiger charge is 2.45. The van der Waals surface area contributed by atoms with Gasteiger partial charge in [-0.05, 0) is 23.9 Å². The highest BCUT2D eigenvalue weighted by atomic mass is 32.1. The van der Waals surface area contributed by atoms with E-state index in [1.54, 1.807) is 30.8 Å². The Labute approximate surface area is 132 Å². The van der Waals surface area contributed by atoms with Crippen molar-refractivity contribution in [2.45, 2.75) is 19.4 Å². The molecule has 3 rings (SSSR count). The zero-order chi connectivity index (χ0) is 15.9. The van der Waals surface area contributed by atoms with Crippen LogP contribution in [0.15, 0.2) is 30.2 Å². The van der Waals surface area contributed by atoms with Crippen LogP contribution >= 0.6 is 11.3 Å². The van der Waals surface area contributed by atoms with E-state index < -0.39 is 5.54 Å². The van der Waals surface area contributed by atoms with Crippen LogP contribution in [0.4, 0.5) is 0 Å². The van der Waals surface area contributed by atoms with Crippen molar-refractivity contribution < 1.29 is 4.79 Å². The van der Waals surface area contributed by atoms with E-state index in [0.717, 1.165) is 16.0 Å². The molecule has 114 valence electrons. The van der Waals surface area contributed by atoms with Crippen LogP contribution in [0.25, 0.3) is 11.1 Å². The summed E-state index contributed by atoms with van der Waals surface area (Å²) in [4.78, 5) is 22.8. The molecule has 1 aliphatic heterocycles. The smallest absolute Gasteiger partial charge is 0.234 e. The van der Waals surface area contributed by atoms with E-state index in [2.05, 4.69) is 15.3 Å². The molecule has 2 aromatic heterocycles. The molecule has 1 saturated heterocycles. The number of carbonyl (C=O) groups is 1. The van der Waals surface area contributed by atoms with Crippen molar-refractivity contribution in [3.63, 3.8) is 0 Å². The van der Waals surface area contributed by atoms with Crippen molar-refractivity contribution >= 4 is 23.2 Å². The molecule has 1 amide bonds. The SMILES string of the molecule is CC1C(=O)N(C)C(=N)N[C@]1(C)c1cc(-c2cncnc2)cs1. The lowest BCUT2D eigenvalue weighted by Gasteiger charge is -2.43. The predicted octanol–water partition coefficient (Wildman–Crippen LogP) is 2.05. The third-order valence-electron chi connectivity index (χ3n) is 4.29.